The Morgan fingerprint density at radius 2 is 2.22 bits per heavy atom. The van der Waals surface area contributed by atoms with Crippen molar-refractivity contribution in [2.24, 2.45) is 0 Å². The van der Waals surface area contributed by atoms with Crippen LogP contribution < -0.4 is 5.32 Å². The Hall–Kier alpha value is -2.14. The first-order valence-electron chi connectivity index (χ1n) is 5.23. The van der Waals surface area contributed by atoms with Crippen LogP contribution in [0.4, 0.5) is 11.4 Å². The lowest BCUT2D eigenvalue weighted by molar-refractivity contribution is -0.384. The molecule has 0 aliphatic heterocycles. The van der Waals surface area contributed by atoms with Crippen molar-refractivity contribution in [3.63, 3.8) is 0 Å². The highest BCUT2D eigenvalue weighted by molar-refractivity contribution is 6.33. The molecule has 1 aromatic carbocycles. The molecule has 92 valence electrons. The van der Waals surface area contributed by atoms with Crippen LogP contribution in [0.2, 0.25) is 5.02 Å². The third-order valence-electron chi connectivity index (χ3n) is 2.37. The van der Waals surface area contributed by atoms with E-state index >= 15 is 0 Å². The van der Waals surface area contributed by atoms with E-state index in [4.69, 9.17) is 11.6 Å². The van der Waals surface area contributed by atoms with E-state index in [9.17, 15) is 10.1 Å². The highest BCUT2D eigenvalue weighted by Crippen LogP contribution is 2.20. The van der Waals surface area contributed by atoms with E-state index in [0.29, 0.717) is 17.3 Å². The molecule has 0 aliphatic rings. The number of nitrogens with zero attached hydrogens (tertiary/aromatic N) is 2. The van der Waals surface area contributed by atoms with Crippen LogP contribution >= 0.6 is 11.6 Å². The van der Waals surface area contributed by atoms with E-state index in [1.807, 2.05) is 6.07 Å². The van der Waals surface area contributed by atoms with Gasteiger partial charge in [0.1, 0.15) is 0 Å². The zero-order valence-electron chi connectivity index (χ0n) is 9.34. The fraction of sp³-hybridized carbons (Fsp3) is 0.0833. The number of nitro groups is 1. The lowest BCUT2D eigenvalue weighted by atomic mass is 10.2. The number of aromatic nitrogens is 1. The van der Waals surface area contributed by atoms with Crippen LogP contribution in [0.1, 0.15) is 5.56 Å². The number of nitrogens with one attached hydrogen (secondary N) is 1. The van der Waals surface area contributed by atoms with Gasteiger partial charge in [0.05, 0.1) is 21.8 Å². The monoisotopic (exact) mass is 263 g/mol. The molecule has 6 heteroatoms. The van der Waals surface area contributed by atoms with Gasteiger partial charge >= 0.3 is 0 Å². The van der Waals surface area contributed by atoms with E-state index in [1.165, 1.54) is 12.1 Å². The van der Waals surface area contributed by atoms with Crippen LogP contribution in [-0.2, 0) is 6.54 Å². The maximum Gasteiger partial charge on any atom is 0.269 e. The molecule has 1 heterocycles. The summed E-state index contributed by atoms with van der Waals surface area (Å²) in [4.78, 5) is 14.2. The summed E-state index contributed by atoms with van der Waals surface area (Å²) >= 11 is 5.96. The minimum absolute atomic E-state index is 0.0755. The molecular formula is C12H10ClN3O2. The highest BCUT2D eigenvalue weighted by Gasteiger charge is 2.06. The van der Waals surface area contributed by atoms with Crippen molar-refractivity contribution in [3.8, 4) is 0 Å². The number of hydrogen-bond acceptors (Lipinski definition) is 4. The van der Waals surface area contributed by atoms with Crippen LogP contribution in [0, 0.1) is 10.1 Å². The normalized spacial score (nSPS) is 10.1. The quantitative estimate of drug-likeness (QED) is 0.679. The van der Waals surface area contributed by atoms with Gasteiger partial charge < -0.3 is 5.32 Å². The van der Waals surface area contributed by atoms with E-state index < -0.39 is 4.92 Å². The number of nitro benzene ring substituents is 1. The first-order chi connectivity index (χ1) is 8.66. The topological polar surface area (TPSA) is 68.1 Å². The molecule has 0 radical (unpaired) electrons. The van der Waals surface area contributed by atoms with Gasteiger partial charge in [-0.15, -0.1) is 0 Å². The zero-order chi connectivity index (χ0) is 13.0. The molecule has 1 N–H and O–H groups in total. The molecule has 2 aromatic rings. The van der Waals surface area contributed by atoms with Crippen molar-refractivity contribution in [2.75, 3.05) is 5.32 Å². The first-order valence-corrected chi connectivity index (χ1v) is 5.61. The van der Waals surface area contributed by atoms with Crippen LogP contribution in [0.3, 0.4) is 0 Å². The fourth-order valence-corrected chi connectivity index (χ4v) is 1.66. The zero-order valence-corrected chi connectivity index (χ0v) is 10.1. The fourth-order valence-electron chi connectivity index (χ4n) is 1.48. The Morgan fingerprint density at radius 3 is 2.94 bits per heavy atom. The molecule has 0 spiro atoms. The van der Waals surface area contributed by atoms with E-state index in [-0.39, 0.29) is 5.69 Å². The van der Waals surface area contributed by atoms with E-state index in [1.54, 1.807) is 24.5 Å². The van der Waals surface area contributed by atoms with Crippen LogP contribution in [0.25, 0.3) is 0 Å². The standard InChI is InChI=1S/C12H10ClN3O2/c13-11-4-5-14-8-12(11)15-7-9-2-1-3-10(6-9)16(17)18/h1-6,8,15H,7H2. The van der Waals surface area contributed by atoms with Gasteiger partial charge in [0.25, 0.3) is 5.69 Å². The van der Waals surface area contributed by atoms with Gasteiger partial charge in [0, 0.05) is 24.9 Å². The van der Waals surface area contributed by atoms with Gasteiger partial charge in [-0.1, -0.05) is 23.7 Å². The first kappa shape index (κ1) is 12.3. The molecule has 0 amide bonds. The predicted octanol–water partition coefficient (Wildman–Crippen LogP) is 3.26. The van der Waals surface area contributed by atoms with E-state index in [0.717, 1.165) is 5.56 Å². The Balaban J connectivity index is 2.09. The molecule has 2 rings (SSSR count). The molecular weight excluding hydrogens is 254 g/mol. The highest BCUT2D eigenvalue weighted by atomic mass is 35.5. The maximum atomic E-state index is 10.6. The van der Waals surface area contributed by atoms with Gasteiger partial charge in [-0.05, 0) is 11.6 Å². The molecule has 0 bridgehead atoms. The molecule has 5 nitrogen and oxygen atoms in total. The third kappa shape index (κ3) is 2.95. The minimum atomic E-state index is -0.416. The van der Waals surface area contributed by atoms with Gasteiger partial charge in [0.15, 0.2) is 0 Å². The van der Waals surface area contributed by atoms with Crippen molar-refractivity contribution < 1.29 is 4.92 Å². The Morgan fingerprint density at radius 1 is 1.39 bits per heavy atom. The summed E-state index contributed by atoms with van der Waals surface area (Å²) in [6.45, 7) is 0.451. The third-order valence-corrected chi connectivity index (χ3v) is 2.70. The predicted molar refractivity (Wildman–Crippen MR) is 69.7 cm³/mol. The SMILES string of the molecule is O=[N+]([O-])c1cccc(CNc2cnccc2Cl)c1. The number of non-ortho nitro benzene ring substituents is 1. The summed E-state index contributed by atoms with van der Waals surface area (Å²) in [5.74, 6) is 0. The summed E-state index contributed by atoms with van der Waals surface area (Å²) in [5.41, 5.74) is 1.58. The molecule has 0 unspecified atom stereocenters. The second-order valence-corrected chi connectivity index (χ2v) is 4.04. The van der Waals surface area contributed by atoms with E-state index in [2.05, 4.69) is 10.3 Å². The van der Waals surface area contributed by atoms with Crippen molar-refractivity contribution in [1.82, 2.24) is 4.98 Å². The maximum absolute atomic E-state index is 10.6. The molecule has 0 saturated carbocycles. The van der Waals surface area contributed by atoms with Gasteiger partial charge in [-0.2, -0.15) is 0 Å². The van der Waals surface area contributed by atoms with Crippen LogP contribution in [0.5, 0.6) is 0 Å². The van der Waals surface area contributed by atoms with Crippen molar-refractivity contribution in [3.05, 3.63) is 63.4 Å². The number of rotatable bonds is 4. The average Bonchev–Trinajstić information content (AvgIpc) is 2.38. The van der Waals surface area contributed by atoms with Gasteiger partial charge in [-0.3, -0.25) is 15.1 Å². The summed E-state index contributed by atoms with van der Waals surface area (Å²) in [5, 5.41) is 14.3. The van der Waals surface area contributed by atoms with Crippen molar-refractivity contribution in [2.45, 2.75) is 6.54 Å². The summed E-state index contributed by atoms with van der Waals surface area (Å²) < 4.78 is 0. The number of hydrogen-bond donors (Lipinski definition) is 1. The van der Waals surface area contributed by atoms with Gasteiger partial charge in [-0.25, -0.2) is 0 Å². The Bertz CT molecular complexity index is 575. The Kier molecular flexibility index (Phi) is 3.74. The molecule has 0 atom stereocenters. The second-order valence-electron chi connectivity index (χ2n) is 3.64. The molecule has 18 heavy (non-hydrogen) atoms. The van der Waals surface area contributed by atoms with Crippen LogP contribution in [-0.4, -0.2) is 9.91 Å². The number of anilines is 1. The van der Waals surface area contributed by atoms with Crippen molar-refractivity contribution >= 4 is 23.0 Å². The lowest BCUT2D eigenvalue weighted by Crippen LogP contribution is -2.01. The molecule has 0 saturated heterocycles. The Labute approximate surface area is 109 Å². The minimum Gasteiger partial charge on any atom is -0.379 e. The number of pyridine rings is 1. The number of halogens is 1. The number of benzene rings is 1. The summed E-state index contributed by atoms with van der Waals surface area (Å²) in [6, 6.07) is 8.12. The molecule has 0 fully saturated rings. The molecule has 1 aromatic heterocycles. The van der Waals surface area contributed by atoms with Gasteiger partial charge in [0.2, 0.25) is 0 Å². The summed E-state index contributed by atoms with van der Waals surface area (Å²) in [7, 11) is 0. The lowest BCUT2D eigenvalue weighted by Gasteiger charge is -2.07. The average molecular weight is 264 g/mol. The van der Waals surface area contributed by atoms with Crippen molar-refractivity contribution in [1.29, 1.82) is 0 Å². The smallest absolute Gasteiger partial charge is 0.269 e. The molecule has 0 aliphatic carbocycles. The summed E-state index contributed by atoms with van der Waals surface area (Å²) in [6.07, 6.45) is 3.21. The second kappa shape index (κ2) is 5.46. The largest absolute Gasteiger partial charge is 0.379 e. The van der Waals surface area contributed by atoms with Crippen LogP contribution in [0.15, 0.2) is 42.7 Å².